The minimum atomic E-state index is -0.703. The lowest BCUT2D eigenvalue weighted by atomic mass is 10.0. The van der Waals surface area contributed by atoms with Crippen LogP contribution in [-0.2, 0) is 9.59 Å². The van der Waals surface area contributed by atoms with Gasteiger partial charge in [0.25, 0.3) is 17.5 Å². The van der Waals surface area contributed by atoms with Gasteiger partial charge in [-0.25, -0.2) is 9.29 Å². The molecule has 9 nitrogen and oxygen atoms in total. The zero-order chi connectivity index (χ0) is 22.8. The van der Waals surface area contributed by atoms with Crippen molar-refractivity contribution in [3.05, 3.63) is 75.7 Å². The normalized spacial score (nSPS) is 17.4. The molecule has 0 atom stereocenters. The van der Waals surface area contributed by atoms with Gasteiger partial charge in [-0.3, -0.25) is 24.6 Å². The Morgan fingerprint density at radius 1 is 0.969 bits per heavy atom. The molecule has 2 aliphatic rings. The predicted octanol–water partition coefficient (Wildman–Crippen LogP) is 1.63. The van der Waals surface area contributed by atoms with Crippen molar-refractivity contribution in [2.24, 2.45) is 0 Å². The van der Waals surface area contributed by atoms with Gasteiger partial charge >= 0.3 is 0 Å². The Bertz CT molecular complexity index is 1090. The number of anilines is 1. The third-order valence-electron chi connectivity index (χ3n) is 5.62. The van der Waals surface area contributed by atoms with E-state index in [2.05, 4.69) is 0 Å². The number of nitro benzene ring substituents is 1. The van der Waals surface area contributed by atoms with Gasteiger partial charge in [-0.2, -0.15) is 0 Å². The molecule has 32 heavy (non-hydrogen) atoms. The van der Waals surface area contributed by atoms with Crippen molar-refractivity contribution >= 4 is 28.8 Å². The molecule has 1 N–H and O–H groups in total. The molecule has 2 amide bonds. The number of imide groups is 1. The van der Waals surface area contributed by atoms with Crippen molar-refractivity contribution < 1.29 is 24.0 Å². The molecule has 2 aromatic rings. The number of aliphatic hydroxyl groups is 1. The number of β-amino-alcohol motifs (C(OH)–C–C–N with tert-alkyl or cyclic N) is 1. The summed E-state index contributed by atoms with van der Waals surface area (Å²) in [4.78, 5) is 41.9. The topological polar surface area (TPSA) is 107 Å². The number of benzene rings is 2. The number of nitrogens with zero attached hydrogens (tertiary/aromatic N) is 4. The van der Waals surface area contributed by atoms with E-state index in [1.807, 2.05) is 4.90 Å². The smallest absolute Gasteiger partial charge is 0.282 e. The Hall–Kier alpha value is -3.63. The van der Waals surface area contributed by atoms with Crippen LogP contribution in [0.5, 0.6) is 0 Å². The van der Waals surface area contributed by atoms with Crippen molar-refractivity contribution in [2.45, 2.75) is 0 Å². The molecule has 0 spiro atoms. The fourth-order valence-electron chi connectivity index (χ4n) is 4.01. The van der Waals surface area contributed by atoms with Gasteiger partial charge in [0.2, 0.25) is 0 Å². The molecule has 0 unspecified atom stereocenters. The van der Waals surface area contributed by atoms with E-state index in [0.29, 0.717) is 38.3 Å². The third kappa shape index (κ3) is 3.85. The van der Waals surface area contributed by atoms with Crippen molar-refractivity contribution in [1.82, 2.24) is 9.80 Å². The lowest BCUT2D eigenvalue weighted by Crippen LogP contribution is -2.48. The van der Waals surface area contributed by atoms with Gasteiger partial charge in [0.15, 0.2) is 0 Å². The van der Waals surface area contributed by atoms with E-state index in [0.717, 1.165) is 4.90 Å². The van der Waals surface area contributed by atoms with Crippen LogP contribution < -0.4 is 4.90 Å². The number of carbonyl (C=O) groups is 2. The van der Waals surface area contributed by atoms with Crippen LogP contribution >= 0.6 is 0 Å². The quantitative estimate of drug-likeness (QED) is 0.413. The van der Waals surface area contributed by atoms with E-state index in [9.17, 15) is 24.1 Å². The molecule has 4 rings (SSSR count). The third-order valence-corrected chi connectivity index (χ3v) is 5.62. The first kappa shape index (κ1) is 21.6. The minimum absolute atomic E-state index is 0.0230. The average Bonchev–Trinajstić information content (AvgIpc) is 3.05. The second kappa shape index (κ2) is 8.85. The molecule has 2 aromatic carbocycles. The average molecular weight is 440 g/mol. The van der Waals surface area contributed by atoms with Crippen LogP contribution in [0.3, 0.4) is 0 Å². The second-order valence-corrected chi connectivity index (χ2v) is 7.48. The minimum Gasteiger partial charge on any atom is -0.395 e. The Morgan fingerprint density at radius 3 is 2.22 bits per heavy atom. The van der Waals surface area contributed by atoms with Crippen molar-refractivity contribution in [2.75, 3.05) is 44.2 Å². The summed E-state index contributed by atoms with van der Waals surface area (Å²) < 4.78 is 14.5. The lowest BCUT2D eigenvalue weighted by Gasteiger charge is -2.36. The van der Waals surface area contributed by atoms with E-state index in [1.54, 1.807) is 4.90 Å². The van der Waals surface area contributed by atoms with Gasteiger partial charge in [0.05, 0.1) is 22.8 Å². The molecule has 0 bridgehead atoms. The number of halogens is 1. The Labute approximate surface area is 183 Å². The number of non-ortho nitro benzene ring substituents is 1. The van der Waals surface area contributed by atoms with E-state index in [1.165, 1.54) is 48.5 Å². The maximum atomic E-state index is 14.5. The summed E-state index contributed by atoms with van der Waals surface area (Å²) in [7, 11) is 0. The maximum Gasteiger partial charge on any atom is 0.282 e. The highest BCUT2D eigenvalue weighted by Gasteiger charge is 2.43. The standard InChI is InChI=1S/C22H21FN4O5/c23-17-3-1-2-4-18(17)26-21(29)19(15-5-7-16(8-6-15)27(31)32)20(22(26)30)25-11-9-24(10-12-25)13-14-28/h1-8,28H,9-14H2. The fraction of sp³-hybridized carbons (Fsp3) is 0.273. The molecule has 10 heteroatoms. The van der Waals surface area contributed by atoms with Crippen LogP contribution in [0.25, 0.3) is 5.57 Å². The van der Waals surface area contributed by atoms with E-state index >= 15 is 0 Å². The lowest BCUT2D eigenvalue weighted by molar-refractivity contribution is -0.384. The molecule has 166 valence electrons. The number of aliphatic hydroxyl groups excluding tert-OH is 1. The summed E-state index contributed by atoms with van der Waals surface area (Å²) in [6.07, 6.45) is 0. The second-order valence-electron chi connectivity index (χ2n) is 7.48. The van der Waals surface area contributed by atoms with Gasteiger partial charge in [-0.05, 0) is 29.8 Å². The Morgan fingerprint density at radius 2 is 1.62 bits per heavy atom. The highest BCUT2D eigenvalue weighted by Crippen LogP contribution is 2.36. The maximum absolute atomic E-state index is 14.5. The molecule has 2 heterocycles. The molecular formula is C22H21FN4O5. The van der Waals surface area contributed by atoms with E-state index in [4.69, 9.17) is 5.11 Å². The summed E-state index contributed by atoms with van der Waals surface area (Å²) in [6, 6.07) is 10.9. The zero-order valence-electron chi connectivity index (χ0n) is 17.1. The summed E-state index contributed by atoms with van der Waals surface area (Å²) in [5.74, 6) is -2.02. The predicted molar refractivity (Wildman–Crippen MR) is 114 cm³/mol. The molecular weight excluding hydrogens is 419 g/mol. The van der Waals surface area contributed by atoms with Gasteiger partial charge in [-0.1, -0.05) is 12.1 Å². The van der Waals surface area contributed by atoms with Crippen LogP contribution in [0.15, 0.2) is 54.2 Å². The number of rotatable bonds is 6. The first-order chi connectivity index (χ1) is 15.4. The highest BCUT2D eigenvalue weighted by molar-refractivity contribution is 6.45. The number of hydrogen-bond donors (Lipinski definition) is 1. The largest absolute Gasteiger partial charge is 0.395 e. The van der Waals surface area contributed by atoms with Crippen LogP contribution in [0.1, 0.15) is 5.56 Å². The zero-order valence-corrected chi connectivity index (χ0v) is 17.1. The first-order valence-corrected chi connectivity index (χ1v) is 10.1. The Kier molecular flexibility index (Phi) is 5.97. The Balaban J connectivity index is 1.76. The van der Waals surface area contributed by atoms with Gasteiger partial charge < -0.3 is 10.0 Å². The number of carbonyl (C=O) groups excluding carboxylic acids is 2. The molecule has 0 aromatic heterocycles. The summed E-state index contributed by atoms with van der Waals surface area (Å²) in [6.45, 7) is 2.58. The van der Waals surface area contributed by atoms with E-state index in [-0.39, 0.29) is 29.3 Å². The molecule has 1 saturated heterocycles. The summed E-state index contributed by atoms with van der Waals surface area (Å²) >= 11 is 0. The van der Waals surface area contributed by atoms with Crippen LogP contribution in [0, 0.1) is 15.9 Å². The molecule has 0 radical (unpaired) electrons. The monoisotopic (exact) mass is 440 g/mol. The molecule has 0 aliphatic carbocycles. The number of hydrogen-bond acceptors (Lipinski definition) is 7. The van der Waals surface area contributed by atoms with E-state index < -0.39 is 22.6 Å². The van der Waals surface area contributed by atoms with Gasteiger partial charge in [0, 0.05) is 44.9 Å². The van der Waals surface area contributed by atoms with Crippen LogP contribution in [0.4, 0.5) is 15.8 Å². The van der Waals surface area contributed by atoms with Crippen molar-refractivity contribution in [3.8, 4) is 0 Å². The van der Waals surface area contributed by atoms with Crippen molar-refractivity contribution in [3.63, 3.8) is 0 Å². The van der Waals surface area contributed by atoms with Gasteiger partial charge in [0.1, 0.15) is 11.5 Å². The fourth-order valence-corrected chi connectivity index (χ4v) is 4.01. The summed E-state index contributed by atoms with van der Waals surface area (Å²) in [5.41, 5.74) is 0.298. The first-order valence-electron chi connectivity index (χ1n) is 10.1. The number of nitro groups is 1. The van der Waals surface area contributed by atoms with Crippen molar-refractivity contribution in [1.29, 1.82) is 0 Å². The number of para-hydroxylation sites is 1. The molecule has 2 aliphatic heterocycles. The van der Waals surface area contributed by atoms with Gasteiger partial charge in [-0.15, -0.1) is 0 Å². The van der Waals surface area contributed by atoms with Crippen LogP contribution in [-0.4, -0.2) is 71.0 Å². The highest BCUT2D eigenvalue weighted by atomic mass is 19.1. The number of piperazine rings is 1. The summed E-state index contributed by atoms with van der Waals surface area (Å²) in [5, 5.41) is 20.2. The molecule has 1 fully saturated rings. The number of amides is 2. The molecule has 0 saturated carbocycles. The van der Waals surface area contributed by atoms with Crippen LogP contribution in [0.2, 0.25) is 0 Å². The SMILES string of the molecule is O=C1C(c2ccc([N+](=O)[O-])cc2)=C(N2CCN(CCO)CC2)C(=O)N1c1ccccc1F.